The summed E-state index contributed by atoms with van der Waals surface area (Å²) in [6, 6.07) is 10.4. The Balaban J connectivity index is 1.72. The molecule has 0 aliphatic heterocycles. The Kier molecular flexibility index (Phi) is 3.73. The quantitative estimate of drug-likeness (QED) is 0.390. The van der Waals surface area contributed by atoms with Crippen LogP contribution < -0.4 is 4.74 Å². The van der Waals surface area contributed by atoms with Gasteiger partial charge in [0.05, 0.1) is 21.7 Å². The second-order valence-electron chi connectivity index (χ2n) is 5.37. The van der Waals surface area contributed by atoms with Crippen molar-refractivity contribution in [1.82, 2.24) is 34.7 Å². The highest BCUT2D eigenvalue weighted by molar-refractivity contribution is 5.78. The Morgan fingerprint density at radius 1 is 1.27 bits per heavy atom. The maximum atomic E-state index is 10.9. The van der Waals surface area contributed by atoms with Crippen LogP contribution in [0.5, 0.6) is 6.01 Å². The molecule has 0 amide bonds. The van der Waals surface area contributed by atoms with E-state index in [1.807, 2.05) is 24.3 Å². The Morgan fingerprint density at radius 3 is 2.88 bits per heavy atom. The van der Waals surface area contributed by atoms with Gasteiger partial charge in [-0.2, -0.15) is 4.98 Å². The molecule has 0 spiro atoms. The minimum Gasteiger partial charge on any atom is -0.458 e. The molecule has 3 heterocycles. The summed E-state index contributed by atoms with van der Waals surface area (Å²) in [4.78, 5) is 18.9. The van der Waals surface area contributed by atoms with Gasteiger partial charge in [-0.15, -0.1) is 0 Å². The van der Waals surface area contributed by atoms with E-state index in [2.05, 4.69) is 25.5 Å². The Labute approximate surface area is 146 Å². The second kappa shape index (κ2) is 6.20. The lowest BCUT2D eigenvalue weighted by Gasteiger charge is -2.08. The predicted octanol–water partition coefficient (Wildman–Crippen LogP) is 1.43. The van der Waals surface area contributed by atoms with Crippen molar-refractivity contribution < 1.29 is 9.66 Å². The van der Waals surface area contributed by atoms with Crippen LogP contribution in [-0.2, 0) is 13.7 Å². The third kappa shape index (κ3) is 2.70. The van der Waals surface area contributed by atoms with Crippen LogP contribution >= 0.6 is 0 Å². The van der Waals surface area contributed by atoms with Gasteiger partial charge in [0.15, 0.2) is 0 Å². The lowest BCUT2D eigenvalue weighted by Crippen LogP contribution is -2.08. The largest absolute Gasteiger partial charge is 0.458 e. The van der Waals surface area contributed by atoms with Crippen LogP contribution in [0.4, 0.5) is 5.69 Å². The molecule has 0 aliphatic rings. The van der Waals surface area contributed by atoms with Crippen molar-refractivity contribution in [3.05, 3.63) is 58.4 Å². The van der Waals surface area contributed by atoms with Crippen LogP contribution in [-0.4, -0.2) is 39.7 Å². The molecule has 0 saturated heterocycles. The summed E-state index contributed by atoms with van der Waals surface area (Å²) < 4.78 is 8.95. The molecule has 11 heteroatoms. The van der Waals surface area contributed by atoms with Crippen molar-refractivity contribution in [2.45, 2.75) is 6.61 Å². The van der Waals surface area contributed by atoms with Gasteiger partial charge in [-0.3, -0.25) is 15.1 Å². The highest BCUT2D eigenvalue weighted by Gasteiger charge is 2.18. The van der Waals surface area contributed by atoms with Crippen LogP contribution in [0.2, 0.25) is 0 Å². The molecule has 0 radical (unpaired) electrons. The molecular weight excluding hydrogens is 340 g/mol. The summed E-state index contributed by atoms with van der Waals surface area (Å²) in [6.45, 7) is 0.0102. The molecule has 26 heavy (non-hydrogen) atoms. The number of hydrogen-bond donors (Lipinski definition) is 0. The minimum absolute atomic E-state index is 0.0102. The number of ether oxygens (including phenoxy) is 1. The molecule has 130 valence electrons. The fourth-order valence-electron chi connectivity index (χ4n) is 2.50. The number of benzene rings is 1. The lowest BCUT2D eigenvalue weighted by molar-refractivity contribution is -0.385. The lowest BCUT2D eigenvalue weighted by atomic mass is 10.3. The summed E-state index contributed by atoms with van der Waals surface area (Å²) >= 11 is 0. The molecule has 0 bridgehead atoms. The maximum absolute atomic E-state index is 10.9. The van der Waals surface area contributed by atoms with Gasteiger partial charge < -0.3 is 4.74 Å². The van der Waals surface area contributed by atoms with Gasteiger partial charge in [-0.05, 0) is 22.6 Å². The van der Waals surface area contributed by atoms with E-state index in [4.69, 9.17) is 4.74 Å². The fraction of sp³-hybridized carbons (Fsp3) is 0.133. The summed E-state index contributed by atoms with van der Waals surface area (Å²) in [7, 11) is 1.70. The Hall–Kier alpha value is -3.89. The third-order valence-corrected chi connectivity index (χ3v) is 3.69. The topological polar surface area (TPSA) is 127 Å². The average molecular weight is 352 g/mol. The zero-order chi connectivity index (χ0) is 18.1. The highest BCUT2D eigenvalue weighted by Crippen LogP contribution is 2.25. The number of hydrogen-bond acceptors (Lipinski definition) is 8. The van der Waals surface area contributed by atoms with Crippen LogP contribution in [0, 0.1) is 10.1 Å². The number of tetrazole rings is 1. The molecule has 0 fully saturated rings. The number of imidazole rings is 1. The van der Waals surface area contributed by atoms with E-state index >= 15 is 0 Å². The van der Waals surface area contributed by atoms with Crippen molar-refractivity contribution in [3.63, 3.8) is 0 Å². The number of rotatable bonds is 5. The number of nitrogens with zero attached hydrogens (tertiary/aromatic N) is 8. The van der Waals surface area contributed by atoms with Gasteiger partial charge in [0.2, 0.25) is 0 Å². The van der Waals surface area contributed by atoms with Crippen LogP contribution in [0.15, 0.2) is 42.6 Å². The van der Waals surface area contributed by atoms with Crippen molar-refractivity contribution in [2.75, 3.05) is 0 Å². The fourth-order valence-corrected chi connectivity index (χ4v) is 2.50. The molecule has 4 rings (SSSR count). The Morgan fingerprint density at radius 2 is 2.12 bits per heavy atom. The molecule has 0 N–H and O–H groups in total. The predicted molar refractivity (Wildman–Crippen MR) is 88.6 cm³/mol. The van der Waals surface area contributed by atoms with E-state index in [1.165, 1.54) is 23.0 Å². The van der Waals surface area contributed by atoms with Crippen LogP contribution in [0.1, 0.15) is 5.69 Å². The monoisotopic (exact) mass is 352 g/mol. The summed E-state index contributed by atoms with van der Waals surface area (Å²) in [6.07, 6.45) is 1.37. The van der Waals surface area contributed by atoms with Crippen LogP contribution in [0.3, 0.4) is 0 Å². The summed E-state index contributed by atoms with van der Waals surface area (Å²) in [5.74, 6) is 0.431. The van der Waals surface area contributed by atoms with Gasteiger partial charge in [0.25, 0.3) is 11.6 Å². The van der Waals surface area contributed by atoms with Crippen molar-refractivity contribution in [3.8, 4) is 12.0 Å². The zero-order valence-electron chi connectivity index (χ0n) is 13.6. The Bertz CT molecular complexity index is 1100. The first kappa shape index (κ1) is 15.6. The number of fused-ring (bicyclic) bond motifs is 1. The minimum atomic E-state index is -0.481. The van der Waals surface area contributed by atoms with Crippen molar-refractivity contribution in [2.24, 2.45) is 7.05 Å². The number of nitro groups is 1. The number of aryl methyl sites for hydroxylation is 1. The normalized spacial score (nSPS) is 11.0. The van der Waals surface area contributed by atoms with Crippen molar-refractivity contribution in [1.29, 1.82) is 0 Å². The number of pyridine rings is 1. The molecule has 1 aromatic carbocycles. The van der Waals surface area contributed by atoms with Crippen molar-refractivity contribution >= 4 is 16.7 Å². The van der Waals surface area contributed by atoms with Gasteiger partial charge in [0, 0.05) is 25.4 Å². The molecule has 4 aromatic rings. The molecule has 0 aliphatic carbocycles. The molecule has 0 saturated carbocycles. The van der Waals surface area contributed by atoms with E-state index in [-0.39, 0.29) is 18.3 Å². The summed E-state index contributed by atoms with van der Waals surface area (Å²) in [5, 5.41) is 22.4. The van der Waals surface area contributed by atoms with Gasteiger partial charge in [-0.1, -0.05) is 17.2 Å². The van der Waals surface area contributed by atoms with E-state index in [1.54, 1.807) is 11.6 Å². The molecule has 0 atom stereocenters. The van der Waals surface area contributed by atoms with Gasteiger partial charge >= 0.3 is 6.01 Å². The zero-order valence-corrected chi connectivity index (χ0v) is 13.6. The second-order valence-corrected chi connectivity index (χ2v) is 5.37. The van der Waals surface area contributed by atoms with E-state index in [0.717, 1.165) is 5.52 Å². The number of para-hydroxylation sites is 2. The summed E-state index contributed by atoms with van der Waals surface area (Å²) in [5.41, 5.74) is 1.84. The third-order valence-electron chi connectivity index (χ3n) is 3.69. The van der Waals surface area contributed by atoms with E-state index in [9.17, 15) is 10.1 Å². The molecular formula is C15H12N8O3. The average Bonchev–Trinajstić information content (AvgIpc) is 3.22. The molecule has 3 aromatic heterocycles. The maximum Gasteiger partial charge on any atom is 0.305 e. The van der Waals surface area contributed by atoms with E-state index < -0.39 is 4.92 Å². The smallest absolute Gasteiger partial charge is 0.305 e. The first-order valence-electron chi connectivity index (χ1n) is 7.56. The van der Waals surface area contributed by atoms with Gasteiger partial charge in [-0.25, -0.2) is 9.25 Å². The number of aromatic nitrogens is 7. The van der Waals surface area contributed by atoms with Crippen LogP contribution in [0.25, 0.3) is 17.0 Å². The van der Waals surface area contributed by atoms with Gasteiger partial charge in [0.1, 0.15) is 6.61 Å². The highest BCUT2D eigenvalue weighted by atomic mass is 16.6. The molecule has 11 nitrogen and oxygen atoms in total. The first-order chi connectivity index (χ1) is 12.6. The molecule has 0 unspecified atom stereocenters. The SMILES string of the molecule is Cn1nnnc1-n1c(OCc2cc([N+](=O)[O-])ccn2)nc2ccccc21. The first-order valence-corrected chi connectivity index (χ1v) is 7.56. The standard InChI is InChI=1S/C15H12N8O3/c1-21-14(18-19-20-21)22-13-5-3-2-4-12(13)17-15(22)26-9-10-8-11(23(24)25)6-7-16-10/h2-8H,9H2,1H3. The van der Waals surface area contributed by atoms with E-state index in [0.29, 0.717) is 17.2 Å².